The molecule has 0 radical (unpaired) electrons. The maximum Gasteiger partial charge on any atom is 0.271 e. The van der Waals surface area contributed by atoms with E-state index in [-0.39, 0.29) is 30.7 Å². The Bertz CT molecular complexity index is 794. The third-order valence-electron chi connectivity index (χ3n) is 4.70. The van der Waals surface area contributed by atoms with E-state index in [0.29, 0.717) is 38.4 Å². The number of rotatable bonds is 10. The van der Waals surface area contributed by atoms with Crippen LogP contribution in [0, 0.1) is 0 Å². The number of imidazole rings is 1. The van der Waals surface area contributed by atoms with Crippen molar-refractivity contribution in [1.29, 1.82) is 0 Å². The van der Waals surface area contributed by atoms with E-state index in [0.717, 1.165) is 34.4 Å². The second-order valence-electron chi connectivity index (χ2n) is 6.21. The van der Waals surface area contributed by atoms with Crippen molar-refractivity contribution in [3.8, 4) is 0 Å². The molecule has 0 saturated carbocycles. The van der Waals surface area contributed by atoms with Crippen molar-refractivity contribution in [3.63, 3.8) is 0 Å². The fourth-order valence-electron chi connectivity index (χ4n) is 3.45. The van der Waals surface area contributed by atoms with E-state index in [1.54, 1.807) is 19.1 Å². The van der Waals surface area contributed by atoms with Gasteiger partial charge in [0.2, 0.25) is 0 Å². The molecule has 0 aliphatic rings. The van der Waals surface area contributed by atoms with E-state index in [1.165, 1.54) is 0 Å². The van der Waals surface area contributed by atoms with Gasteiger partial charge in [-0.1, -0.05) is 15.9 Å². The van der Waals surface area contributed by atoms with Crippen molar-refractivity contribution in [2.45, 2.75) is 33.5 Å². The summed E-state index contributed by atoms with van der Waals surface area (Å²) >= 11 is 3.57. The molecule has 0 bridgehead atoms. The molecule has 1 aromatic heterocycles. The van der Waals surface area contributed by atoms with Crippen molar-refractivity contribution >= 4 is 45.3 Å². The number of aromatic nitrogens is 2. The summed E-state index contributed by atoms with van der Waals surface area (Å²) in [6, 6.07) is 3.94. The summed E-state index contributed by atoms with van der Waals surface area (Å²) in [4.78, 5) is 15.2. The number of methoxy groups -OCH3 is 2. The first kappa shape index (κ1) is 28.1. The second kappa shape index (κ2) is 13.4. The zero-order valence-electron chi connectivity index (χ0n) is 17.4. The minimum absolute atomic E-state index is 0. The SMILES string of the molecule is CCn1c(CN)[n+](CC)c2c(C(=O)N(CCOC)CCOC)cc(Br)cc21.Cl.[Cl-]. The molecule has 0 aliphatic heterocycles. The van der Waals surface area contributed by atoms with Gasteiger partial charge in [-0.15, -0.1) is 12.4 Å². The number of hydrogen-bond acceptors (Lipinski definition) is 4. The predicted octanol–water partition coefficient (Wildman–Crippen LogP) is -0.649. The Labute approximate surface area is 193 Å². The molecule has 0 saturated heterocycles. The molecule has 29 heavy (non-hydrogen) atoms. The van der Waals surface area contributed by atoms with Gasteiger partial charge in [0.05, 0.1) is 38.4 Å². The smallest absolute Gasteiger partial charge is 0.271 e. The van der Waals surface area contributed by atoms with Crippen LogP contribution in [0.1, 0.15) is 30.0 Å². The van der Waals surface area contributed by atoms with Gasteiger partial charge in [0, 0.05) is 37.8 Å². The van der Waals surface area contributed by atoms with E-state index >= 15 is 0 Å². The maximum atomic E-state index is 13.4. The number of nitrogens with zero attached hydrogens (tertiary/aromatic N) is 3. The number of carbonyl (C=O) groups excluding carboxylic acids is 1. The minimum Gasteiger partial charge on any atom is -1.00 e. The number of benzene rings is 1. The maximum absolute atomic E-state index is 13.4. The Hall–Kier alpha value is -0.900. The average Bonchev–Trinajstić information content (AvgIpc) is 2.99. The Balaban J connectivity index is 0.00000392. The zero-order valence-corrected chi connectivity index (χ0v) is 20.6. The first-order chi connectivity index (χ1) is 13.0. The molecular formula is C19H31BrCl2N4O3. The lowest BCUT2D eigenvalue weighted by Crippen LogP contribution is -3.00. The van der Waals surface area contributed by atoms with Crippen LogP contribution in [-0.4, -0.2) is 55.9 Å². The van der Waals surface area contributed by atoms with Gasteiger partial charge in [-0.05, 0) is 19.9 Å². The number of ether oxygens (including phenoxy) is 2. The summed E-state index contributed by atoms with van der Waals surface area (Å²) in [7, 11) is 3.27. The number of halogens is 3. The number of carbonyl (C=O) groups is 1. The van der Waals surface area contributed by atoms with Crippen LogP contribution >= 0.6 is 28.3 Å². The fraction of sp³-hybridized carbons (Fsp3) is 0.579. The van der Waals surface area contributed by atoms with Crippen LogP contribution < -0.4 is 22.7 Å². The number of aryl methyl sites for hydroxylation is 2. The van der Waals surface area contributed by atoms with E-state index < -0.39 is 0 Å². The van der Waals surface area contributed by atoms with Crippen LogP contribution in [0.5, 0.6) is 0 Å². The molecule has 10 heteroatoms. The Morgan fingerprint density at radius 1 is 1.21 bits per heavy atom. The number of hydrogen-bond donors (Lipinski definition) is 1. The van der Waals surface area contributed by atoms with Gasteiger partial charge in [0.1, 0.15) is 0 Å². The first-order valence-corrected chi connectivity index (χ1v) is 10.0. The van der Waals surface area contributed by atoms with Crippen LogP contribution in [0.2, 0.25) is 0 Å². The fourth-order valence-corrected chi connectivity index (χ4v) is 3.90. The molecule has 1 aromatic carbocycles. The highest BCUT2D eigenvalue weighted by atomic mass is 79.9. The van der Waals surface area contributed by atoms with Crippen LogP contribution in [0.15, 0.2) is 16.6 Å². The molecule has 2 aromatic rings. The van der Waals surface area contributed by atoms with Crippen LogP contribution in [0.25, 0.3) is 11.0 Å². The summed E-state index contributed by atoms with van der Waals surface area (Å²) in [6.07, 6.45) is 0. The number of fused-ring (bicyclic) bond motifs is 1. The quantitative estimate of drug-likeness (QED) is 0.428. The molecule has 1 heterocycles. The predicted molar refractivity (Wildman–Crippen MR) is 116 cm³/mol. The normalized spacial score (nSPS) is 10.6. The Morgan fingerprint density at radius 2 is 1.79 bits per heavy atom. The third-order valence-corrected chi connectivity index (χ3v) is 5.16. The molecule has 0 atom stereocenters. The van der Waals surface area contributed by atoms with Crippen LogP contribution in [-0.2, 0) is 29.1 Å². The van der Waals surface area contributed by atoms with E-state index in [9.17, 15) is 4.79 Å². The third kappa shape index (κ3) is 6.06. The van der Waals surface area contributed by atoms with Crippen molar-refractivity contribution in [2.24, 2.45) is 5.73 Å². The van der Waals surface area contributed by atoms with E-state index in [2.05, 4.69) is 45.0 Å². The topological polar surface area (TPSA) is 73.6 Å². The Morgan fingerprint density at radius 3 is 2.24 bits per heavy atom. The van der Waals surface area contributed by atoms with Gasteiger partial charge in [-0.2, -0.15) is 0 Å². The summed E-state index contributed by atoms with van der Waals surface area (Å²) in [6.45, 7) is 8.08. The largest absolute Gasteiger partial charge is 1.00 e. The molecule has 0 spiro atoms. The highest BCUT2D eigenvalue weighted by Gasteiger charge is 2.29. The first-order valence-electron chi connectivity index (χ1n) is 9.25. The molecule has 2 rings (SSSR count). The summed E-state index contributed by atoms with van der Waals surface area (Å²) in [5.41, 5.74) is 8.64. The molecule has 2 N–H and O–H groups in total. The van der Waals surface area contributed by atoms with Crippen LogP contribution in [0.3, 0.4) is 0 Å². The molecule has 7 nitrogen and oxygen atoms in total. The highest BCUT2D eigenvalue weighted by molar-refractivity contribution is 9.10. The molecule has 1 amide bonds. The van der Waals surface area contributed by atoms with Crippen LogP contribution in [0.4, 0.5) is 0 Å². The molecule has 0 aliphatic carbocycles. The molecule has 0 unspecified atom stereocenters. The van der Waals surface area contributed by atoms with Crippen molar-refractivity contribution in [2.75, 3.05) is 40.5 Å². The van der Waals surface area contributed by atoms with E-state index in [4.69, 9.17) is 15.2 Å². The zero-order chi connectivity index (χ0) is 20.0. The van der Waals surface area contributed by atoms with E-state index in [1.807, 2.05) is 6.07 Å². The second-order valence-corrected chi connectivity index (χ2v) is 7.12. The number of nitrogens with two attached hydrogens (primary N) is 1. The summed E-state index contributed by atoms with van der Waals surface area (Å²) < 4.78 is 15.6. The summed E-state index contributed by atoms with van der Waals surface area (Å²) in [5, 5.41) is 0. The highest BCUT2D eigenvalue weighted by Crippen LogP contribution is 2.26. The molecule has 0 fully saturated rings. The van der Waals surface area contributed by atoms with Crippen molar-refractivity contribution in [3.05, 3.63) is 28.0 Å². The lowest BCUT2D eigenvalue weighted by Gasteiger charge is -2.22. The van der Waals surface area contributed by atoms with Gasteiger partial charge in [-0.25, -0.2) is 9.13 Å². The summed E-state index contributed by atoms with van der Waals surface area (Å²) in [5.74, 6) is 0.983. The van der Waals surface area contributed by atoms with Gasteiger partial charge in [-0.3, -0.25) is 4.79 Å². The standard InChI is InChI=1S/C19H30BrN4O3.2ClH/c1-5-23-16-12-14(20)11-15(18(16)24(6-2)17(23)13-21)19(25)22(7-9-26-3)8-10-27-4;;/h11-12H,5-10,13,21H2,1-4H3;2*1H/q+1;;/p-1. The number of amides is 1. The van der Waals surface area contributed by atoms with Gasteiger partial charge in [0.25, 0.3) is 11.7 Å². The molecule has 166 valence electrons. The minimum atomic E-state index is -0.0329. The van der Waals surface area contributed by atoms with Gasteiger partial charge >= 0.3 is 0 Å². The van der Waals surface area contributed by atoms with Gasteiger partial charge < -0.3 is 32.5 Å². The lowest BCUT2D eigenvalue weighted by atomic mass is 10.1. The van der Waals surface area contributed by atoms with Crippen molar-refractivity contribution < 1.29 is 31.2 Å². The van der Waals surface area contributed by atoms with Gasteiger partial charge in [0.15, 0.2) is 11.0 Å². The monoisotopic (exact) mass is 512 g/mol. The lowest BCUT2D eigenvalue weighted by molar-refractivity contribution is -0.676. The van der Waals surface area contributed by atoms with Crippen molar-refractivity contribution in [1.82, 2.24) is 9.47 Å². The average molecular weight is 514 g/mol. The Kier molecular flexibility index (Phi) is 13.0. The molecular weight excluding hydrogens is 483 g/mol.